The molecular weight excluding hydrogens is 422 g/mol. The zero-order chi connectivity index (χ0) is 22.0. The Hall–Kier alpha value is -3.52. The summed E-state index contributed by atoms with van der Waals surface area (Å²) in [6.45, 7) is 0.198. The van der Waals surface area contributed by atoms with Crippen LogP contribution >= 0.6 is 11.3 Å². The Labute approximate surface area is 181 Å². The second-order valence-corrected chi connectivity index (χ2v) is 7.63. The maximum Gasteiger partial charge on any atom is 0.260 e. The number of aromatic nitrogens is 1. The van der Waals surface area contributed by atoms with Gasteiger partial charge in [-0.3, -0.25) is 9.69 Å². The van der Waals surface area contributed by atoms with Crippen LogP contribution in [0.3, 0.4) is 0 Å². The van der Waals surface area contributed by atoms with Crippen molar-refractivity contribution in [3.8, 4) is 11.5 Å². The smallest absolute Gasteiger partial charge is 0.260 e. The van der Waals surface area contributed by atoms with Crippen LogP contribution in [-0.2, 0) is 6.54 Å². The highest BCUT2D eigenvalue weighted by atomic mass is 32.1. The SMILES string of the molecule is COc1ccc(OC)c2sc(N(Cc3ccccc3)C(=O)c3ccc(F)c(F)c3)nc12. The number of hydrogen-bond acceptors (Lipinski definition) is 5. The van der Waals surface area contributed by atoms with Crippen molar-refractivity contribution >= 4 is 32.6 Å². The Morgan fingerprint density at radius 3 is 2.35 bits per heavy atom. The van der Waals surface area contributed by atoms with Crippen molar-refractivity contribution in [2.45, 2.75) is 6.54 Å². The number of rotatable bonds is 6. The number of amides is 1. The number of anilines is 1. The minimum Gasteiger partial charge on any atom is -0.495 e. The second-order valence-electron chi connectivity index (χ2n) is 6.65. The first-order valence-electron chi connectivity index (χ1n) is 9.34. The van der Waals surface area contributed by atoms with E-state index in [-0.39, 0.29) is 12.1 Å². The van der Waals surface area contributed by atoms with E-state index in [0.717, 1.165) is 17.7 Å². The van der Waals surface area contributed by atoms with E-state index in [9.17, 15) is 13.6 Å². The second kappa shape index (κ2) is 8.69. The molecule has 31 heavy (non-hydrogen) atoms. The lowest BCUT2D eigenvalue weighted by Gasteiger charge is -2.20. The van der Waals surface area contributed by atoms with Crippen LogP contribution < -0.4 is 14.4 Å². The summed E-state index contributed by atoms with van der Waals surface area (Å²) < 4.78 is 38.8. The zero-order valence-electron chi connectivity index (χ0n) is 16.8. The minimum atomic E-state index is -1.09. The Kier molecular flexibility index (Phi) is 5.81. The molecule has 0 aliphatic heterocycles. The lowest BCUT2D eigenvalue weighted by atomic mass is 10.1. The van der Waals surface area contributed by atoms with Gasteiger partial charge in [0.2, 0.25) is 0 Å². The fraction of sp³-hybridized carbons (Fsp3) is 0.130. The van der Waals surface area contributed by atoms with E-state index in [1.807, 2.05) is 30.3 Å². The van der Waals surface area contributed by atoms with Crippen molar-refractivity contribution in [3.05, 3.63) is 83.4 Å². The van der Waals surface area contributed by atoms with Crippen LogP contribution in [0.2, 0.25) is 0 Å². The summed E-state index contributed by atoms with van der Waals surface area (Å²) in [6.07, 6.45) is 0. The van der Waals surface area contributed by atoms with Gasteiger partial charge < -0.3 is 9.47 Å². The molecule has 5 nitrogen and oxygen atoms in total. The maximum atomic E-state index is 13.8. The van der Waals surface area contributed by atoms with Crippen LogP contribution in [0, 0.1) is 11.6 Å². The molecule has 0 N–H and O–H groups in total. The van der Waals surface area contributed by atoms with Crippen molar-refractivity contribution in [3.63, 3.8) is 0 Å². The molecule has 3 aromatic carbocycles. The topological polar surface area (TPSA) is 51.7 Å². The van der Waals surface area contributed by atoms with Gasteiger partial charge in [-0.2, -0.15) is 0 Å². The molecule has 1 amide bonds. The normalized spacial score (nSPS) is 10.8. The molecule has 158 valence electrons. The molecular formula is C23H18F2N2O3S. The number of carbonyl (C=O) groups is 1. The molecule has 4 aromatic rings. The van der Waals surface area contributed by atoms with Gasteiger partial charge in [0.05, 0.1) is 20.8 Å². The lowest BCUT2D eigenvalue weighted by Crippen LogP contribution is -2.30. The molecule has 0 spiro atoms. The molecule has 0 saturated heterocycles. The largest absolute Gasteiger partial charge is 0.495 e. The number of benzene rings is 3. The third kappa shape index (κ3) is 4.06. The van der Waals surface area contributed by atoms with Crippen LogP contribution in [0.15, 0.2) is 60.7 Å². The molecule has 0 atom stereocenters. The van der Waals surface area contributed by atoms with E-state index in [4.69, 9.17) is 9.47 Å². The summed E-state index contributed by atoms with van der Waals surface area (Å²) in [7, 11) is 3.09. The van der Waals surface area contributed by atoms with E-state index in [0.29, 0.717) is 26.8 Å². The molecule has 8 heteroatoms. The number of methoxy groups -OCH3 is 2. The summed E-state index contributed by atoms with van der Waals surface area (Å²) in [5, 5.41) is 0.386. The van der Waals surface area contributed by atoms with E-state index in [2.05, 4.69) is 4.98 Å². The van der Waals surface area contributed by atoms with Crippen LogP contribution in [0.25, 0.3) is 10.2 Å². The molecule has 0 unspecified atom stereocenters. The summed E-state index contributed by atoms with van der Waals surface area (Å²) in [4.78, 5) is 19.4. The summed E-state index contributed by atoms with van der Waals surface area (Å²) in [5.74, 6) is -1.46. The summed E-state index contributed by atoms with van der Waals surface area (Å²) in [5.41, 5.74) is 1.43. The first kappa shape index (κ1) is 20.7. The van der Waals surface area contributed by atoms with Crippen molar-refractivity contribution in [2.24, 2.45) is 0 Å². The molecule has 1 aromatic heterocycles. The molecule has 0 saturated carbocycles. The number of halogens is 2. The van der Waals surface area contributed by atoms with E-state index in [1.54, 1.807) is 19.2 Å². The highest BCUT2D eigenvalue weighted by molar-refractivity contribution is 7.22. The van der Waals surface area contributed by atoms with Gasteiger partial charge in [-0.05, 0) is 35.9 Å². The van der Waals surface area contributed by atoms with Gasteiger partial charge in [-0.15, -0.1) is 0 Å². The van der Waals surface area contributed by atoms with E-state index < -0.39 is 17.5 Å². The lowest BCUT2D eigenvalue weighted by molar-refractivity contribution is 0.0984. The number of ether oxygens (including phenoxy) is 2. The van der Waals surface area contributed by atoms with Gasteiger partial charge in [0.1, 0.15) is 21.7 Å². The van der Waals surface area contributed by atoms with Crippen LogP contribution in [0.5, 0.6) is 11.5 Å². The van der Waals surface area contributed by atoms with Crippen LogP contribution in [0.4, 0.5) is 13.9 Å². The van der Waals surface area contributed by atoms with Gasteiger partial charge in [-0.1, -0.05) is 41.7 Å². The predicted molar refractivity (Wildman–Crippen MR) is 116 cm³/mol. The van der Waals surface area contributed by atoms with Gasteiger partial charge in [0.15, 0.2) is 16.8 Å². The monoisotopic (exact) mass is 440 g/mol. The maximum absolute atomic E-state index is 13.8. The third-order valence-corrected chi connectivity index (χ3v) is 5.82. The number of thiazole rings is 1. The van der Waals surface area contributed by atoms with Crippen molar-refractivity contribution in [2.75, 3.05) is 19.1 Å². The Morgan fingerprint density at radius 1 is 0.968 bits per heavy atom. The molecule has 1 heterocycles. The molecule has 0 radical (unpaired) electrons. The highest BCUT2D eigenvalue weighted by Crippen LogP contribution is 2.40. The van der Waals surface area contributed by atoms with Gasteiger partial charge in [0.25, 0.3) is 5.91 Å². The Bertz CT molecular complexity index is 1200. The molecule has 0 bridgehead atoms. The van der Waals surface area contributed by atoms with Crippen LogP contribution in [-0.4, -0.2) is 25.1 Å². The van der Waals surface area contributed by atoms with E-state index in [1.165, 1.54) is 29.4 Å². The number of carbonyl (C=O) groups excluding carboxylic acids is 1. The zero-order valence-corrected chi connectivity index (χ0v) is 17.6. The van der Waals surface area contributed by atoms with E-state index >= 15 is 0 Å². The van der Waals surface area contributed by atoms with Crippen molar-refractivity contribution in [1.29, 1.82) is 0 Å². The van der Waals surface area contributed by atoms with Crippen molar-refractivity contribution < 1.29 is 23.0 Å². The highest BCUT2D eigenvalue weighted by Gasteiger charge is 2.24. The average molecular weight is 440 g/mol. The predicted octanol–water partition coefficient (Wildman–Crippen LogP) is 5.44. The molecule has 0 fully saturated rings. The molecule has 0 aliphatic carbocycles. The first-order chi connectivity index (χ1) is 15.0. The van der Waals surface area contributed by atoms with Gasteiger partial charge in [-0.25, -0.2) is 13.8 Å². The Morgan fingerprint density at radius 2 is 1.68 bits per heavy atom. The molecule has 4 rings (SSSR count). The number of fused-ring (bicyclic) bond motifs is 1. The number of nitrogens with zero attached hydrogens (tertiary/aromatic N) is 2. The standard InChI is InChI=1S/C23H18F2N2O3S/c1-29-18-10-11-19(30-2)21-20(18)26-23(31-21)27(13-14-6-4-3-5-7-14)22(28)15-8-9-16(24)17(25)12-15/h3-12H,13H2,1-2H3. The summed E-state index contributed by atoms with van der Waals surface area (Å²) >= 11 is 1.26. The minimum absolute atomic E-state index is 0.0213. The Balaban J connectivity index is 1.84. The van der Waals surface area contributed by atoms with Gasteiger partial charge in [0, 0.05) is 5.56 Å². The van der Waals surface area contributed by atoms with Crippen LogP contribution in [0.1, 0.15) is 15.9 Å². The quantitative estimate of drug-likeness (QED) is 0.401. The van der Waals surface area contributed by atoms with Crippen molar-refractivity contribution in [1.82, 2.24) is 4.98 Å². The summed E-state index contributed by atoms with van der Waals surface area (Å²) in [6, 6.07) is 15.9. The molecule has 0 aliphatic rings. The third-order valence-electron chi connectivity index (χ3n) is 4.73. The first-order valence-corrected chi connectivity index (χ1v) is 10.2. The average Bonchev–Trinajstić information content (AvgIpc) is 3.24. The fourth-order valence-corrected chi connectivity index (χ4v) is 4.24. The number of hydrogen-bond donors (Lipinski definition) is 0. The fourth-order valence-electron chi connectivity index (χ4n) is 3.17. The van der Waals surface area contributed by atoms with Gasteiger partial charge >= 0.3 is 0 Å².